The number of carbonyl (C=O) groups is 2. The van der Waals surface area contributed by atoms with Gasteiger partial charge in [-0.05, 0) is 37.6 Å². The average molecular weight is 433 g/mol. The van der Waals surface area contributed by atoms with Crippen LogP contribution in [0.2, 0.25) is 0 Å². The highest BCUT2D eigenvalue weighted by Gasteiger charge is 2.64. The van der Waals surface area contributed by atoms with Gasteiger partial charge in [0.1, 0.15) is 5.41 Å². The van der Waals surface area contributed by atoms with Gasteiger partial charge in [-0.3, -0.25) is 4.79 Å². The largest absolute Gasteiger partial charge is 0.461 e. The van der Waals surface area contributed by atoms with Gasteiger partial charge in [-0.25, -0.2) is 9.48 Å². The molecule has 1 N–H and O–H groups in total. The summed E-state index contributed by atoms with van der Waals surface area (Å²) in [5.41, 5.74) is 1.84. The van der Waals surface area contributed by atoms with Crippen molar-refractivity contribution in [3.63, 3.8) is 0 Å². The van der Waals surface area contributed by atoms with Crippen molar-refractivity contribution < 1.29 is 24.2 Å². The monoisotopic (exact) mass is 433 g/mol. The predicted molar refractivity (Wildman–Crippen MR) is 116 cm³/mol. The number of esters is 1. The van der Waals surface area contributed by atoms with Crippen LogP contribution in [0.25, 0.3) is 5.69 Å². The van der Waals surface area contributed by atoms with Crippen molar-refractivity contribution in [3.05, 3.63) is 71.4 Å². The van der Waals surface area contributed by atoms with Crippen LogP contribution >= 0.6 is 0 Å². The Morgan fingerprint density at radius 2 is 1.88 bits per heavy atom. The number of amides is 1. The molecule has 1 amide bonds. The Labute approximate surface area is 185 Å². The lowest BCUT2D eigenvalue weighted by molar-refractivity contribution is -0.210. The second kappa shape index (κ2) is 6.93. The summed E-state index contributed by atoms with van der Waals surface area (Å²) in [6.07, 6.45) is -0.312. The van der Waals surface area contributed by atoms with Gasteiger partial charge in [0.2, 0.25) is 11.8 Å². The number of benzene rings is 2. The minimum Gasteiger partial charge on any atom is -0.461 e. The van der Waals surface area contributed by atoms with E-state index in [0.29, 0.717) is 28.2 Å². The molecule has 2 unspecified atom stereocenters. The van der Waals surface area contributed by atoms with Crippen LogP contribution in [0.5, 0.6) is 5.88 Å². The molecule has 8 heteroatoms. The molecule has 0 saturated carbocycles. The summed E-state index contributed by atoms with van der Waals surface area (Å²) in [5.74, 6) is -3.42. The van der Waals surface area contributed by atoms with Crippen LogP contribution in [0.3, 0.4) is 0 Å². The summed E-state index contributed by atoms with van der Waals surface area (Å²) < 4.78 is 12.6. The maximum atomic E-state index is 13.8. The molecule has 1 spiro atoms. The molecule has 0 radical (unpaired) electrons. The SMILES string of the molecule is CCOC(=O)C1(O)CC2(C(=O)N(C)c3ccccc32)c2c(C)nn(-c3ccccc3)c2O1. The van der Waals surface area contributed by atoms with Crippen molar-refractivity contribution in [1.82, 2.24) is 9.78 Å². The first kappa shape index (κ1) is 20.3. The highest BCUT2D eigenvalue weighted by Crippen LogP contribution is 2.56. The molecule has 0 fully saturated rings. The van der Waals surface area contributed by atoms with Gasteiger partial charge < -0.3 is 19.5 Å². The lowest BCUT2D eigenvalue weighted by Crippen LogP contribution is -2.57. The quantitative estimate of drug-likeness (QED) is 0.638. The molecular weight excluding hydrogens is 410 g/mol. The van der Waals surface area contributed by atoms with Crippen molar-refractivity contribution in [3.8, 4) is 11.6 Å². The smallest absolute Gasteiger partial charge is 0.379 e. The molecule has 2 aliphatic rings. The zero-order valence-corrected chi connectivity index (χ0v) is 18.0. The zero-order valence-electron chi connectivity index (χ0n) is 18.0. The fourth-order valence-corrected chi connectivity index (χ4v) is 4.89. The Hall–Kier alpha value is -3.65. The Morgan fingerprint density at radius 3 is 2.59 bits per heavy atom. The van der Waals surface area contributed by atoms with Crippen molar-refractivity contribution >= 4 is 17.6 Å². The molecule has 2 atom stereocenters. The van der Waals surface area contributed by atoms with Crippen LogP contribution < -0.4 is 9.64 Å². The summed E-state index contributed by atoms with van der Waals surface area (Å²) in [6, 6.07) is 16.6. The molecule has 0 aliphatic carbocycles. The number of anilines is 1. The van der Waals surface area contributed by atoms with Gasteiger partial charge in [-0.15, -0.1) is 0 Å². The maximum Gasteiger partial charge on any atom is 0.379 e. The fourth-order valence-electron chi connectivity index (χ4n) is 4.89. The van der Waals surface area contributed by atoms with Crippen LogP contribution in [0.15, 0.2) is 54.6 Å². The van der Waals surface area contributed by atoms with E-state index in [2.05, 4.69) is 5.10 Å². The van der Waals surface area contributed by atoms with Crippen molar-refractivity contribution in [1.29, 1.82) is 0 Å². The number of nitrogens with zero attached hydrogens (tertiary/aromatic N) is 3. The van der Waals surface area contributed by atoms with Gasteiger partial charge in [-0.1, -0.05) is 36.4 Å². The molecule has 164 valence electrons. The van der Waals surface area contributed by atoms with Crippen molar-refractivity contribution in [2.75, 3.05) is 18.6 Å². The topological polar surface area (TPSA) is 93.9 Å². The van der Waals surface area contributed by atoms with Crippen LogP contribution in [0.4, 0.5) is 5.69 Å². The summed E-state index contributed by atoms with van der Waals surface area (Å²) in [6.45, 7) is 3.51. The van der Waals surface area contributed by atoms with E-state index in [1.54, 1.807) is 25.8 Å². The van der Waals surface area contributed by atoms with E-state index in [-0.39, 0.29) is 24.8 Å². The van der Waals surface area contributed by atoms with Gasteiger partial charge in [0, 0.05) is 19.2 Å². The van der Waals surface area contributed by atoms with Crippen molar-refractivity contribution in [2.24, 2.45) is 0 Å². The number of ether oxygens (including phenoxy) is 2. The lowest BCUT2D eigenvalue weighted by Gasteiger charge is -2.40. The Balaban J connectivity index is 1.83. The zero-order chi connectivity index (χ0) is 22.7. The number of aliphatic hydroxyl groups is 1. The van der Waals surface area contributed by atoms with E-state index in [1.807, 2.05) is 54.6 Å². The van der Waals surface area contributed by atoms with Crippen LogP contribution in [-0.2, 0) is 19.7 Å². The Kier molecular flexibility index (Phi) is 4.39. The van der Waals surface area contributed by atoms with Gasteiger partial charge >= 0.3 is 11.8 Å². The summed E-state index contributed by atoms with van der Waals surface area (Å²) in [5, 5.41) is 16.1. The third-order valence-corrected chi connectivity index (χ3v) is 6.21. The number of rotatable bonds is 3. The Morgan fingerprint density at radius 1 is 1.19 bits per heavy atom. The van der Waals surface area contributed by atoms with E-state index < -0.39 is 17.2 Å². The van der Waals surface area contributed by atoms with E-state index in [9.17, 15) is 14.7 Å². The van der Waals surface area contributed by atoms with Gasteiger partial charge in [0.25, 0.3) is 0 Å². The molecule has 0 bridgehead atoms. The van der Waals surface area contributed by atoms with E-state index in [4.69, 9.17) is 9.47 Å². The number of para-hydroxylation sites is 2. The van der Waals surface area contributed by atoms with E-state index in [0.717, 1.165) is 0 Å². The molecule has 2 aromatic carbocycles. The second-order valence-corrected chi connectivity index (χ2v) is 8.08. The number of hydrogen-bond donors (Lipinski definition) is 1. The third-order valence-electron chi connectivity index (χ3n) is 6.21. The summed E-state index contributed by atoms with van der Waals surface area (Å²) >= 11 is 0. The van der Waals surface area contributed by atoms with Gasteiger partial charge in [0.15, 0.2) is 0 Å². The number of carbonyl (C=O) groups excluding carboxylic acids is 2. The molecule has 5 rings (SSSR count). The molecule has 2 aliphatic heterocycles. The summed E-state index contributed by atoms with van der Waals surface area (Å²) in [7, 11) is 1.69. The number of aryl methyl sites for hydroxylation is 1. The minimum absolute atomic E-state index is 0.0613. The van der Waals surface area contributed by atoms with Crippen LogP contribution in [-0.4, -0.2) is 46.2 Å². The third kappa shape index (κ3) is 2.56. The van der Waals surface area contributed by atoms with E-state index >= 15 is 0 Å². The molecule has 1 aromatic heterocycles. The van der Waals surface area contributed by atoms with Crippen LogP contribution in [0, 0.1) is 6.92 Å². The standard InChI is InChI=1S/C24H23N3O5/c1-4-31-22(29)24(30)14-23(17-12-8-9-13-18(17)26(3)21(23)28)19-15(2)25-27(20(19)32-24)16-10-6-5-7-11-16/h5-13,30H,4,14H2,1-3H3. The molecule has 32 heavy (non-hydrogen) atoms. The first-order valence-corrected chi connectivity index (χ1v) is 10.5. The average Bonchev–Trinajstić information content (AvgIpc) is 3.23. The molecule has 0 saturated heterocycles. The normalized spacial score (nSPS) is 23.6. The van der Waals surface area contributed by atoms with Crippen LogP contribution in [0.1, 0.15) is 30.2 Å². The van der Waals surface area contributed by atoms with Gasteiger partial charge in [0.05, 0.1) is 23.6 Å². The molecule has 3 aromatic rings. The molecular formula is C24H23N3O5. The first-order chi connectivity index (χ1) is 15.3. The summed E-state index contributed by atoms with van der Waals surface area (Å²) in [4.78, 5) is 28.3. The fraction of sp³-hybridized carbons (Fsp3) is 0.292. The highest BCUT2D eigenvalue weighted by molar-refractivity contribution is 6.11. The highest BCUT2D eigenvalue weighted by atomic mass is 16.7. The number of aromatic nitrogens is 2. The maximum absolute atomic E-state index is 13.8. The molecule has 8 nitrogen and oxygen atoms in total. The second-order valence-electron chi connectivity index (χ2n) is 8.08. The lowest BCUT2D eigenvalue weighted by atomic mass is 9.69. The van der Waals surface area contributed by atoms with E-state index in [1.165, 1.54) is 4.68 Å². The molecule has 3 heterocycles. The minimum atomic E-state index is -2.37. The number of hydrogen-bond acceptors (Lipinski definition) is 6. The van der Waals surface area contributed by atoms with Crippen molar-refractivity contribution in [2.45, 2.75) is 31.5 Å². The first-order valence-electron chi connectivity index (χ1n) is 10.5. The Bertz CT molecular complexity index is 1240. The predicted octanol–water partition coefficient (Wildman–Crippen LogP) is 2.48. The van der Waals surface area contributed by atoms with Gasteiger partial charge in [-0.2, -0.15) is 5.10 Å². The number of likely N-dealkylation sites (N-methyl/N-ethyl adjacent to an activating group) is 1. The number of fused-ring (bicyclic) bond motifs is 4.